The van der Waals surface area contributed by atoms with Crippen molar-refractivity contribution in [2.75, 3.05) is 37.8 Å². The Morgan fingerprint density at radius 3 is 2.89 bits per heavy atom. The number of nitrogens with zero attached hydrogens (tertiary/aromatic N) is 1. The molecule has 0 heterocycles. The van der Waals surface area contributed by atoms with Crippen LogP contribution in [0.25, 0.3) is 0 Å². The maximum absolute atomic E-state index is 8.83. The molecule has 0 aromatic heterocycles. The van der Waals surface area contributed by atoms with Gasteiger partial charge in [-0.05, 0) is 18.4 Å². The average Bonchev–Trinajstić information content (AvgIpc) is 2.42. The summed E-state index contributed by atoms with van der Waals surface area (Å²) >= 11 is 1.67. The summed E-state index contributed by atoms with van der Waals surface area (Å²) in [4.78, 5) is 5.44. The first-order chi connectivity index (χ1) is 8.81. The molecular formula is C12H20N4OS. The standard InChI is InChI=1S/C12H20N4OS/c1-18-11-5-3-2-4-10(11)16-12(14-7-6-13)15-8-9-17/h2-5,17H,6-9,13H2,1H3,(H2,14,15,16). The zero-order chi connectivity index (χ0) is 13.2. The van der Waals surface area contributed by atoms with Gasteiger partial charge in [0.25, 0.3) is 0 Å². The molecule has 0 amide bonds. The van der Waals surface area contributed by atoms with Crippen molar-refractivity contribution in [2.24, 2.45) is 10.7 Å². The molecule has 0 bridgehead atoms. The van der Waals surface area contributed by atoms with E-state index in [9.17, 15) is 0 Å². The number of thioether (sulfide) groups is 1. The topological polar surface area (TPSA) is 82.7 Å². The first-order valence-corrected chi connectivity index (χ1v) is 7.03. The van der Waals surface area contributed by atoms with Crippen LogP contribution in [0.15, 0.2) is 34.2 Å². The van der Waals surface area contributed by atoms with E-state index in [-0.39, 0.29) is 6.61 Å². The second kappa shape index (κ2) is 8.79. The van der Waals surface area contributed by atoms with Gasteiger partial charge in [0.1, 0.15) is 0 Å². The summed E-state index contributed by atoms with van der Waals surface area (Å²) in [5.74, 6) is 0.635. The van der Waals surface area contributed by atoms with E-state index >= 15 is 0 Å². The molecule has 0 aliphatic heterocycles. The van der Waals surface area contributed by atoms with Crippen molar-refractivity contribution in [1.29, 1.82) is 0 Å². The zero-order valence-corrected chi connectivity index (χ0v) is 11.3. The molecule has 0 atom stereocenters. The molecular weight excluding hydrogens is 248 g/mol. The van der Waals surface area contributed by atoms with E-state index in [1.807, 2.05) is 30.5 Å². The molecule has 0 saturated heterocycles. The van der Waals surface area contributed by atoms with E-state index in [2.05, 4.69) is 15.6 Å². The number of aliphatic imine (C=N–C) groups is 1. The van der Waals surface area contributed by atoms with Gasteiger partial charge >= 0.3 is 0 Å². The van der Waals surface area contributed by atoms with E-state index in [1.165, 1.54) is 0 Å². The van der Waals surface area contributed by atoms with Crippen LogP contribution in [0.4, 0.5) is 5.69 Å². The van der Waals surface area contributed by atoms with E-state index in [1.54, 1.807) is 11.8 Å². The van der Waals surface area contributed by atoms with Crippen LogP contribution in [0.3, 0.4) is 0 Å². The lowest BCUT2D eigenvalue weighted by Crippen LogP contribution is -2.33. The number of anilines is 1. The van der Waals surface area contributed by atoms with Crippen molar-refractivity contribution in [3.8, 4) is 0 Å². The Bertz CT molecular complexity index is 384. The number of hydrogen-bond acceptors (Lipinski definition) is 4. The van der Waals surface area contributed by atoms with Crippen molar-refractivity contribution in [2.45, 2.75) is 4.90 Å². The van der Waals surface area contributed by atoms with Gasteiger partial charge in [-0.1, -0.05) is 12.1 Å². The number of rotatable bonds is 6. The second-order valence-corrected chi connectivity index (χ2v) is 4.34. The predicted octanol–water partition coefficient (Wildman–Crippen LogP) is 0.717. The quantitative estimate of drug-likeness (QED) is 0.347. The average molecular weight is 268 g/mol. The Labute approximate surface area is 112 Å². The number of para-hydroxylation sites is 1. The molecule has 0 radical (unpaired) electrons. The van der Waals surface area contributed by atoms with Crippen LogP contribution in [0.5, 0.6) is 0 Å². The highest BCUT2D eigenvalue weighted by Crippen LogP contribution is 2.24. The van der Waals surface area contributed by atoms with Crippen molar-refractivity contribution in [1.82, 2.24) is 5.32 Å². The van der Waals surface area contributed by atoms with Gasteiger partial charge in [0.15, 0.2) is 5.96 Å². The molecule has 100 valence electrons. The molecule has 0 unspecified atom stereocenters. The summed E-state index contributed by atoms with van der Waals surface area (Å²) in [6, 6.07) is 7.99. The lowest BCUT2D eigenvalue weighted by Gasteiger charge is -2.14. The van der Waals surface area contributed by atoms with E-state index < -0.39 is 0 Å². The first-order valence-electron chi connectivity index (χ1n) is 5.81. The summed E-state index contributed by atoms with van der Waals surface area (Å²) < 4.78 is 0. The number of guanidine groups is 1. The van der Waals surface area contributed by atoms with Crippen molar-refractivity contribution in [3.63, 3.8) is 0 Å². The molecule has 18 heavy (non-hydrogen) atoms. The second-order valence-electron chi connectivity index (χ2n) is 3.49. The maximum Gasteiger partial charge on any atom is 0.195 e. The predicted molar refractivity (Wildman–Crippen MR) is 78.3 cm³/mol. The molecule has 0 spiro atoms. The molecule has 0 aliphatic rings. The number of hydrogen-bond donors (Lipinski definition) is 4. The normalized spacial score (nSPS) is 11.4. The molecule has 0 saturated carbocycles. The lowest BCUT2D eigenvalue weighted by atomic mass is 10.3. The third kappa shape index (κ3) is 4.95. The third-order valence-electron chi connectivity index (χ3n) is 2.16. The van der Waals surface area contributed by atoms with Gasteiger partial charge in [-0.25, -0.2) is 0 Å². The fourth-order valence-corrected chi connectivity index (χ4v) is 1.92. The minimum Gasteiger partial charge on any atom is -0.395 e. The largest absolute Gasteiger partial charge is 0.395 e. The van der Waals surface area contributed by atoms with Crippen LogP contribution in [0.2, 0.25) is 0 Å². The van der Waals surface area contributed by atoms with Crippen LogP contribution >= 0.6 is 11.8 Å². The number of aliphatic hydroxyl groups is 1. The molecule has 0 fully saturated rings. The van der Waals surface area contributed by atoms with E-state index in [0.717, 1.165) is 10.6 Å². The van der Waals surface area contributed by atoms with Crippen molar-refractivity contribution in [3.05, 3.63) is 24.3 Å². The van der Waals surface area contributed by atoms with Gasteiger partial charge in [0.05, 0.1) is 18.8 Å². The van der Waals surface area contributed by atoms with Crippen LogP contribution in [0.1, 0.15) is 0 Å². The summed E-state index contributed by atoms with van der Waals surface area (Å²) in [5.41, 5.74) is 6.43. The lowest BCUT2D eigenvalue weighted by molar-refractivity contribution is 0.300. The van der Waals surface area contributed by atoms with Gasteiger partial charge in [-0.2, -0.15) is 0 Å². The Kier molecular flexibility index (Phi) is 7.24. The number of benzene rings is 1. The molecule has 5 N–H and O–H groups in total. The molecule has 1 aromatic rings. The number of nitrogens with two attached hydrogens (primary N) is 1. The van der Waals surface area contributed by atoms with Gasteiger partial charge in [0.2, 0.25) is 0 Å². The summed E-state index contributed by atoms with van der Waals surface area (Å²) in [6.45, 7) is 1.56. The van der Waals surface area contributed by atoms with E-state index in [4.69, 9.17) is 10.8 Å². The fraction of sp³-hybridized carbons (Fsp3) is 0.417. The Balaban J connectivity index is 2.75. The Morgan fingerprint density at radius 2 is 2.22 bits per heavy atom. The summed E-state index contributed by atoms with van der Waals surface area (Å²) in [6.07, 6.45) is 2.03. The van der Waals surface area contributed by atoms with Crippen molar-refractivity contribution >= 4 is 23.4 Å². The molecule has 6 heteroatoms. The molecule has 5 nitrogen and oxygen atoms in total. The first kappa shape index (κ1) is 14.8. The highest BCUT2D eigenvalue weighted by molar-refractivity contribution is 7.98. The fourth-order valence-electron chi connectivity index (χ4n) is 1.37. The summed E-state index contributed by atoms with van der Waals surface area (Å²) in [5, 5.41) is 15.1. The smallest absolute Gasteiger partial charge is 0.195 e. The van der Waals surface area contributed by atoms with E-state index in [0.29, 0.717) is 25.6 Å². The van der Waals surface area contributed by atoms with Gasteiger partial charge in [0, 0.05) is 18.0 Å². The minimum absolute atomic E-state index is 0.0630. The monoisotopic (exact) mass is 268 g/mol. The molecule has 1 rings (SSSR count). The number of aliphatic hydroxyl groups excluding tert-OH is 1. The maximum atomic E-state index is 8.83. The van der Waals surface area contributed by atoms with Gasteiger partial charge in [-0.3, -0.25) is 4.99 Å². The van der Waals surface area contributed by atoms with Crippen molar-refractivity contribution < 1.29 is 5.11 Å². The minimum atomic E-state index is 0.0630. The Morgan fingerprint density at radius 1 is 1.44 bits per heavy atom. The van der Waals surface area contributed by atoms with Crippen LogP contribution < -0.4 is 16.4 Å². The molecule has 1 aromatic carbocycles. The Hall–Kier alpha value is -1.24. The van der Waals surface area contributed by atoms with Gasteiger partial charge < -0.3 is 21.5 Å². The SMILES string of the molecule is CSc1ccccc1NC(=NCCN)NCCO. The molecule has 0 aliphatic carbocycles. The number of nitrogens with one attached hydrogen (secondary N) is 2. The zero-order valence-electron chi connectivity index (χ0n) is 10.5. The highest BCUT2D eigenvalue weighted by atomic mass is 32.2. The van der Waals surface area contributed by atoms with Gasteiger partial charge in [-0.15, -0.1) is 11.8 Å². The van der Waals surface area contributed by atoms with Crippen LogP contribution in [-0.4, -0.2) is 43.6 Å². The van der Waals surface area contributed by atoms with Crippen LogP contribution in [0, 0.1) is 0 Å². The third-order valence-corrected chi connectivity index (χ3v) is 2.96. The summed E-state index contributed by atoms with van der Waals surface area (Å²) in [7, 11) is 0. The van der Waals surface area contributed by atoms with Crippen LogP contribution in [-0.2, 0) is 0 Å². The highest BCUT2D eigenvalue weighted by Gasteiger charge is 2.03.